The monoisotopic (exact) mass is 217 g/mol. The molecular weight excluding hydrogens is 210 g/mol. The van der Waals surface area contributed by atoms with E-state index >= 15 is 0 Å². The zero-order chi connectivity index (χ0) is 8.27. The number of halogens is 1. The SMILES string of the molecule is COC(=O)C1=C(Br)C=CCN1. The van der Waals surface area contributed by atoms with E-state index in [0.29, 0.717) is 12.2 Å². The number of nitrogens with one attached hydrogen (secondary N) is 1. The lowest BCUT2D eigenvalue weighted by Gasteiger charge is -2.11. The number of allylic oxidation sites excluding steroid dienone is 2. The average molecular weight is 218 g/mol. The van der Waals surface area contributed by atoms with E-state index in [2.05, 4.69) is 26.0 Å². The predicted octanol–water partition coefficient (Wildman–Crippen LogP) is 0.925. The van der Waals surface area contributed by atoms with E-state index in [4.69, 9.17) is 0 Å². The summed E-state index contributed by atoms with van der Waals surface area (Å²) >= 11 is 3.23. The largest absolute Gasteiger partial charge is 0.464 e. The van der Waals surface area contributed by atoms with Crippen LogP contribution in [0.4, 0.5) is 0 Å². The molecule has 0 unspecified atom stereocenters. The third kappa shape index (κ3) is 1.83. The number of rotatable bonds is 1. The number of hydrogen-bond donors (Lipinski definition) is 1. The number of carbonyl (C=O) groups is 1. The van der Waals surface area contributed by atoms with Gasteiger partial charge in [0.1, 0.15) is 5.70 Å². The Morgan fingerprint density at radius 1 is 1.82 bits per heavy atom. The van der Waals surface area contributed by atoms with Crippen molar-refractivity contribution in [3.8, 4) is 0 Å². The Kier molecular flexibility index (Phi) is 2.70. The standard InChI is InChI=1S/C7H8BrNO2/c1-11-7(10)6-5(8)3-2-4-9-6/h2-3,9H,4H2,1H3. The van der Waals surface area contributed by atoms with Crippen LogP contribution in [-0.2, 0) is 9.53 Å². The first-order valence-corrected chi connectivity index (χ1v) is 3.93. The van der Waals surface area contributed by atoms with Gasteiger partial charge in [0, 0.05) is 11.0 Å². The second kappa shape index (κ2) is 3.57. The highest BCUT2D eigenvalue weighted by molar-refractivity contribution is 9.11. The molecule has 1 N–H and O–H groups in total. The molecule has 0 radical (unpaired) electrons. The van der Waals surface area contributed by atoms with Gasteiger partial charge in [-0.25, -0.2) is 4.79 Å². The molecule has 1 aliphatic heterocycles. The average Bonchev–Trinajstić information content (AvgIpc) is 2.04. The van der Waals surface area contributed by atoms with Crippen LogP contribution in [0.25, 0.3) is 0 Å². The van der Waals surface area contributed by atoms with Crippen molar-refractivity contribution < 1.29 is 9.53 Å². The van der Waals surface area contributed by atoms with Gasteiger partial charge in [0.2, 0.25) is 0 Å². The summed E-state index contributed by atoms with van der Waals surface area (Å²) in [4.78, 5) is 11.0. The van der Waals surface area contributed by atoms with Crippen molar-refractivity contribution >= 4 is 21.9 Å². The topological polar surface area (TPSA) is 38.3 Å². The minimum atomic E-state index is -0.346. The Balaban J connectivity index is 2.83. The fourth-order valence-electron chi connectivity index (χ4n) is 0.763. The Hall–Kier alpha value is -0.770. The summed E-state index contributed by atoms with van der Waals surface area (Å²) in [6.07, 6.45) is 3.74. The van der Waals surface area contributed by atoms with Crippen LogP contribution in [0, 0.1) is 0 Å². The van der Waals surface area contributed by atoms with Crippen molar-refractivity contribution in [3.63, 3.8) is 0 Å². The van der Waals surface area contributed by atoms with E-state index < -0.39 is 0 Å². The van der Waals surface area contributed by atoms with E-state index in [0.717, 1.165) is 4.48 Å². The number of carbonyl (C=O) groups excluding carboxylic acids is 1. The maximum atomic E-state index is 11.0. The van der Waals surface area contributed by atoms with E-state index in [1.54, 1.807) is 0 Å². The zero-order valence-electron chi connectivity index (χ0n) is 6.06. The molecule has 0 fully saturated rings. The first kappa shape index (κ1) is 8.33. The third-order valence-electron chi connectivity index (χ3n) is 1.29. The molecule has 0 saturated heterocycles. The molecule has 3 nitrogen and oxygen atoms in total. The summed E-state index contributed by atoms with van der Waals surface area (Å²) in [5, 5.41) is 2.89. The molecule has 0 aromatic rings. The molecule has 1 heterocycles. The van der Waals surface area contributed by atoms with Crippen LogP contribution >= 0.6 is 15.9 Å². The molecule has 4 heteroatoms. The normalized spacial score (nSPS) is 16.2. The molecule has 0 amide bonds. The first-order valence-electron chi connectivity index (χ1n) is 3.14. The van der Waals surface area contributed by atoms with Crippen molar-refractivity contribution in [1.29, 1.82) is 0 Å². The van der Waals surface area contributed by atoms with Gasteiger partial charge >= 0.3 is 5.97 Å². The van der Waals surface area contributed by atoms with Crippen molar-refractivity contribution in [2.24, 2.45) is 0 Å². The Labute approximate surface area is 73.2 Å². The lowest BCUT2D eigenvalue weighted by Crippen LogP contribution is -2.24. The van der Waals surface area contributed by atoms with Crippen molar-refractivity contribution in [2.75, 3.05) is 13.7 Å². The molecule has 0 saturated carbocycles. The predicted molar refractivity (Wildman–Crippen MR) is 45.1 cm³/mol. The maximum absolute atomic E-state index is 11.0. The van der Waals surface area contributed by atoms with Gasteiger partial charge in [0.05, 0.1) is 7.11 Å². The van der Waals surface area contributed by atoms with Crippen LogP contribution in [0.15, 0.2) is 22.3 Å². The van der Waals surface area contributed by atoms with Gasteiger partial charge in [0.15, 0.2) is 0 Å². The van der Waals surface area contributed by atoms with Crippen LogP contribution < -0.4 is 5.32 Å². The Bertz CT molecular complexity index is 233. The van der Waals surface area contributed by atoms with Crippen LogP contribution in [0.1, 0.15) is 0 Å². The smallest absolute Gasteiger partial charge is 0.355 e. The third-order valence-corrected chi connectivity index (χ3v) is 1.95. The molecule has 0 aliphatic carbocycles. The van der Waals surface area contributed by atoms with Gasteiger partial charge < -0.3 is 10.1 Å². The van der Waals surface area contributed by atoms with Gasteiger partial charge in [-0.05, 0) is 22.0 Å². The summed E-state index contributed by atoms with van der Waals surface area (Å²) in [5.74, 6) is -0.346. The Morgan fingerprint density at radius 2 is 2.55 bits per heavy atom. The van der Waals surface area contributed by atoms with E-state index in [-0.39, 0.29) is 5.97 Å². The summed E-state index contributed by atoms with van der Waals surface area (Å²) in [5.41, 5.74) is 0.481. The van der Waals surface area contributed by atoms with E-state index in [9.17, 15) is 4.79 Å². The summed E-state index contributed by atoms with van der Waals surface area (Å²) in [6.45, 7) is 0.666. The lowest BCUT2D eigenvalue weighted by atomic mass is 10.3. The fraction of sp³-hybridized carbons (Fsp3) is 0.286. The van der Waals surface area contributed by atoms with Crippen molar-refractivity contribution in [3.05, 3.63) is 22.3 Å². The molecule has 1 aliphatic rings. The molecule has 0 aromatic carbocycles. The van der Waals surface area contributed by atoms with Crippen molar-refractivity contribution in [1.82, 2.24) is 5.32 Å². The minimum Gasteiger partial charge on any atom is -0.464 e. The molecule has 11 heavy (non-hydrogen) atoms. The Morgan fingerprint density at radius 3 is 3.09 bits per heavy atom. The number of dihydropyridines is 1. The van der Waals surface area contributed by atoms with E-state index in [1.807, 2.05) is 12.2 Å². The number of hydrogen-bond acceptors (Lipinski definition) is 3. The highest BCUT2D eigenvalue weighted by Crippen LogP contribution is 2.15. The molecule has 0 aromatic heterocycles. The summed E-state index contributed by atoms with van der Waals surface area (Å²) in [7, 11) is 1.36. The molecule has 1 rings (SSSR count). The van der Waals surface area contributed by atoms with Gasteiger partial charge in [-0.1, -0.05) is 6.08 Å². The second-order valence-electron chi connectivity index (χ2n) is 2.00. The van der Waals surface area contributed by atoms with Crippen LogP contribution in [0.2, 0.25) is 0 Å². The molecule has 0 spiro atoms. The van der Waals surface area contributed by atoms with Crippen LogP contribution in [0.3, 0.4) is 0 Å². The van der Waals surface area contributed by atoms with Gasteiger partial charge in [0.25, 0.3) is 0 Å². The molecule has 0 bridgehead atoms. The van der Waals surface area contributed by atoms with Gasteiger partial charge in [-0.3, -0.25) is 0 Å². The van der Waals surface area contributed by atoms with Crippen LogP contribution in [0.5, 0.6) is 0 Å². The molecule has 0 atom stereocenters. The van der Waals surface area contributed by atoms with Gasteiger partial charge in [-0.15, -0.1) is 0 Å². The number of methoxy groups -OCH3 is 1. The molecule has 60 valence electrons. The van der Waals surface area contributed by atoms with E-state index in [1.165, 1.54) is 7.11 Å². The highest BCUT2D eigenvalue weighted by Gasteiger charge is 2.13. The first-order chi connectivity index (χ1) is 5.25. The zero-order valence-corrected chi connectivity index (χ0v) is 7.64. The van der Waals surface area contributed by atoms with Gasteiger partial charge in [-0.2, -0.15) is 0 Å². The summed E-state index contributed by atoms with van der Waals surface area (Å²) in [6, 6.07) is 0. The summed E-state index contributed by atoms with van der Waals surface area (Å²) < 4.78 is 5.27. The number of ether oxygens (including phenoxy) is 1. The van der Waals surface area contributed by atoms with Crippen molar-refractivity contribution in [2.45, 2.75) is 0 Å². The lowest BCUT2D eigenvalue weighted by molar-refractivity contribution is -0.136. The quantitative estimate of drug-likeness (QED) is 0.665. The second-order valence-corrected chi connectivity index (χ2v) is 2.85. The fourth-order valence-corrected chi connectivity index (χ4v) is 1.25. The number of esters is 1. The highest BCUT2D eigenvalue weighted by atomic mass is 79.9. The maximum Gasteiger partial charge on any atom is 0.355 e. The molecular formula is C7H8BrNO2. The van der Waals surface area contributed by atoms with Crippen LogP contribution in [-0.4, -0.2) is 19.6 Å². The minimum absolute atomic E-state index is 0.346.